The first-order chi connectivity index (χ1) is 13.2. The molecule has 0 aromatic rings. The zero-order chi connectivity index (χ0) is 21.2. The van der Waals surface area contributed by atoms with Crippen molar-refractivity contribution in [2.75, 3.05) is 46.8 Å². The lowest BCUT2D eigenvalue weighted by Crippen LogP contribution is -2.48. The molecule has 0 saturated carbocycles. The van der Waals surface area contributed by atoms with Crippen LogP contribution in [-0.4, -0.2) is 80.2 Å². The third-order valence-corrected chi connectivity index (χ3v) is 4.69. The van der Waals surface area contributed by atoms with Gasteiger partial charge in [0, 0.05) is 53.2 Å². The van der Waals surface area contributed by atoms with Crippen molar-refractivity contribution in [3.8, 4) is 0 Å². The molecule has 1 aliphatic heterocycles. The Balaban J connectivity index is 0.00000784. The van der Waals surface area contributed by atoms with Crippen LogP contribution in [0.1, 0.15) is 53.4 Å². The van der Waals surface area contributed by atoms with E-state index >= 15 is 0 Å². The van der Waals surface area contributed by atoms with E-state index in [4.69, 9.17) is 4.74 Å². The third-order valence-electron chi connectivity index (χ3n) is 4.69. The molecule has 1 rings (SSSR count). The molecule has 1 saturated heterocycles. The Bertz CT molecular complexity index is 529. The molecule has 1 heterocycles. The van der Waals surface area contributed by atoms with E-state index in [0.717, 1.165) is 38.3 Å². The molecule has 2 amide bonds. The van der Waals surface area contributed by atoms with Crippen LogP contribution in [0, 0.1) is 5.92 Å². The second-order valence-corrected chi connectivity index (χ2v) is 8.25. The SMILES string of the molecule is CCCN(CCNC(=NC)N1CCC(CC(=O)NC)CC1)C(=O)OC(C)(C)C.I. The molecule has 0 unspecified atom stereocenters. The minimum Gasteiger partial charge on any atom is -0.444 e. The molecule has 170 valence electrons. The van der Waals surface area contributed by atoms with Crippen LogP contribution < -0.4 is 10.6 Å². The highest BCUT2D eigenvalue weighted by Gasteiger charge is 2.24. The summed E-state index contributed by atoms with van der Waals surface area (Å²) in [6.45, 7) is 11.3. The van der Waals surface area contributed by atoms with Gasteiger partial charge in [-0.15, -0.1) is 24.0 Å². The molecule has 2 N–H and O–H groups in total. The Kier molecular flexibility index (Phi) is 13.3. The quantitative estimate of drug-likeness (QED) is 0.303. The number of guanidine groups is 1. The topological polar surface area (TPSA) is 86.3 Å². The summed E-state index contributed by atoms with van der Waals surface area (Å²) in [5, 5.41) is 6.06. The van der Waals surface area contributed by atoms with Gasteiger partial charge < -0.3 is 25.2 Å². The summed E-state index contributed by atoms with van der Waals surface area (Å²) in [5.41, 5.74) is -0.494. The van der Waals surface area contributed by atoms with Crippen LogP contribution in [0.15, 0.2) is 4.99 Å². The second-order valence-electron chi connectivity index (χ2n) is 8.25. The number of carbonyl (C=O) groups is 2. The molecule has 0 aromatic carbocycles. The molecular weight excluding hydrogens is 485 g/mol. The maximum absolute atomic E-state index is 12.3. The highest BCUT2D eigenvalue weighted by Crippen LogP contribution is 2.20. The highest BCUT2D eigenvalue weighted by molar-refractivity contribution is 14.0. The Morgan fingerprint density at radius 3 is 2.31 bits per heavy atom. The number of nitrogens with one attached hydrogen (secondary N) is 2. The van der Waals surface area contributed by atoms with Gasteiger partial charge in [-0.05, 0) is 46.0 Å². The molecule has 0 atom stereocenters. The van der Waals surface area contributed by atoms with Crippen LogP contribution in [0.2, 0.25) is 0 Å². The lowest BCUT2D eigenvalue weighted by molar-refractivity contribution is -0.121. The molecule has 0 bridgehead atoms. The maximum Gasteiger partial charge on any atom is 0.410 e. The van der Waals surface area contributed by atoms with Gasteiger partial charge in [-0.25, -0.2) is 4.79 Å². The van der Waals surface area contributed by atoms with Gasteiger partial charge >= 0.3 is 6.09 Å². The van der Waals surface area contributed by atoms with Gasteiger partial charge in [0.25, 0.3) is 0 Å². The Labute approximate surface area is 193 Å². The van der Waals surface area contributed by atoms with E-state index < -0.39 is 5.60 Å². The van der Waals surface area contributed by atoms with Crippen molar-refractivity contribution < 1.29 is 14.3 Å². The predicted octanol–water partition coefficient (Wildman–Crippen LogP) is 2.68. The molecule has 8 nitrogen and oxygen atoms in total. The van der Waals surface area contributed by atoms with Crippen molar-refractivity contribution in [3.05, 3.63) is 0 Å². The lowest BCUT2D eigenvalue weighted by atomic mass is 9.93. The largest absolute Gasteiger partial charge is 0.444 e. The summed E-state index contributed by atoms with van der Waals surface area (Å²) in [5.74, 6) is 1.39. The maximum atomic E-state index is 12.3. The van der Waals surface area contributed by atoms with Crippen molar-refractivity contribution in [3.63, 3.8) is 0 Å². The standard InChI is InChI=1S/C20H39N5O3.HI/c1-7-11-25(19(27)28-20(2,3)4)14-10-23-18(22-6)24-12-8-16(9-13-24)15-17(26)21-5;/h16H,7-15H2,1-6H3,(H,21,26)(H,22,23);1H. The van der Waals surface area contributed by atoms with Gasteiger partial charge in [0.15, 0.2) is 5.96 Å². The fraction of sp³-hybridized carbons (Fsp3) is 0.850. The number of rotatable bonds is 7. The normalized spacial score (nSPS) is 15.4. The summed E-state index contributed by atoms with van der Waals surface area (Å²) < 4.78 is 5.49. The molecule has 1 fully saturated rings. The summed E-state index contributed by atoms with van der Waals surface area (Å²) in [6.07, 6.45) is 3.16. The van der Waals surface area contributed by atoms with Crippen molar-refractivity contribution in [1.29, 1.82) is 0 Å². The number of carbonyl (C=O) groups excluding carboxylic acids is 2. The number of hydrogen-bond acceptors (Lipinski definition) is 4. The Morgan fingerprint density at radius 1 is 1.21 bits per heavy atom. The van der Waals surface area contributed by atoms with E-state index in [1.165, 1.54) is 0 Å². The average molecular weight is 525 g/mol. The molecule has 29 heavy (non-hydrogen) atoms. The van der Waals surface area contributed by atoms with Gasteiger partial charge in [0.05, 0.1) is 0 Å². The van der Waals surface area contributed by atoms with Crippen LogP contribution in [0.25, 0.3) is 0 Å². The number of ether oxygens (including phenoxy) is 1. The fourth-order valence-corrected chi connectivity index (χ4v) is 3.24. The van der Waals surface area contributed by atoms with E-state index in [1.54, 1.807) is 19.0 Å². The van der Waals surface area contributed by atoms with Crippen LogP contribution in [0.5, 0.6) is 0 Å². The van der Waals surface area contributed by atoms with Gasteiger partial charge in [0.1, 0.15) is 5.60 Å². The fourth-order valence-electron chi connectivity index (χ4n) is 3.24. The Hall–Kier alpha value is -1.26. The van der Waals surface area contributed by atoms with E-state index in [2.05, 4.69) is 20.5 Å². The van der Waals surface area contributed by atoms with E-state index in [9.17, 15) is 9.59 Å². The molecule has 0 spiro atoms. The van der Waals surface area contributed by atoms with Crippen LogP contribution in [0.3, 0.4) is 0 Å². The molecule has 0 radical (unpaired) electrons. The molecular formula is C20H40IN5O3. The molecule has 9 heteroatoms. The van der Waals surface area contributed by atoms with Crippen molar-refractivity contribution in [2.24, 2.45) is 10.9 Å². The van der Waals surface area contributed by atoms with Crippen LogP contribution in [-0.2, 0) is 9.53 Å². The first-order valence-electron chi connectivity index (χ1n) is 10.3. The van der Waals surface area contributed by atoms with E-state index in [0.29, 0.717) is 32.0 Å². The zero-order valence-corrected chi connectivity index (χ0v) is 21.2. The van der Waals surface area contributed by atoms with Gasteiger partial charge in [-0.1, -0.05) is 6.92 Å². The lowest BCUT2D eigenvalue weighted by Gasteiger charge is -2.34. The van der Waals surface area contributed by atoms with Gasteiger partial charge in [0.2, 0.25) is 5.91 Å². The number of nitrogens with zero attached hydrogens (tertiary/aromatic N) is 3. The van der Waals surface area contributed by atoms with E-state index in [1.807, 2.05) is 27.7 Å². The average Bonchev–Trinajstić information content (AvgIpc) is 2.63. The molecule has 1 aliphatic rings. The van der Waals surface area contributed by atoms with E-state index in [-0.39, 0.29) is 36.0 Å². The number of piperidine rings is 1. The first kappa shape index (κ1) is 27.7. The van der Waals surface area contributed by atoms with Gasteiger partial charge in [-0.2, -0.15) is 0 Å². The van der Waals surface area contributed by atoms with Crippen molar-refractivity contribution in [2.45, 2.75) is 59.0 Å². The Morgan fingerprint density at radius 2 is 1.83 bits per heavy atom. The smallest absolute Gasteiger partial charge is 0.410 e. The van der Waals surface area contributed by atoms with Gasteiger partial charge in [-0.3, -0.25) is 9.79 Å². The monoisotopic (exact) mass is 525 g/mol. The number of amides is 2. The summed E-state index contributed by atoms with van der Waals surface area (Å²) >= 11 is 0. The number of aliphatic imine (C=N–C) groups is 1. The summed E-state index contributed by atoms with van der Waals surface area (Å²) in [6, 6.07) is 0. The number of halogens is 1. The highest BCUT2D eigenvalue weighted by atomic mass is 127. The van der Waals surface area contributed by atoms with Crippen LogP contribution >= 0.6 is 24.0 Å². The number of hydrogen-bond donors (Lipinski definition) is 2. The number of likely N-dealkylation sites (tertiary alicyclic amines) is 1. The summed E-state index contributed by atoms with van der Waals surface area (Å²) in [4.78, 5) is 32.2. The predicted molar refractivity (Wildman–Crippen MR) is 128 cm³/mol. The van der Waals surface area contributed by atoms with Crippen molar-refractivity contribution in [1.82, 2.24) is 20.4 Å². The zero-order valence-electron chi connectivity index (χ0n) is 18.9. The first-order valence-corrected chi connectivity index (χ1v) is 10.3. The molecule has 0 aromatic heterocycles. The minimum atomic E-state index is -0.494. The molecule has 0 aliphatic carbocycles. The second kappa shape index (κ2) is 13.9. The third kappa shape index (κ3) is 10.9. The minimum absolute atomic E-state index is 0. The summed E-state index contributed by atoms with van der Waals surface area (Å²) in [7, 11) is 3.46. The van der Waals surface area contributed by atoms with Crippen LogP contribution in [0.4, 0.5) is 4.79 Å². The van der Waals surface area contributed by atoms with Crippen molar-refractivity contribution >= 4 is 41.9 Å².